The molecule has 0 amide bonds. The summed E-state index contributed by atoms with van der Waals surface area (Å²) in [7, 11) is 0. The zero-order valence-corrected chi connectivity index (χ0v) is 8.19. The molecule has 0 saturated carbocycles. The van der Waals surface area contributed by atoms with E-state index in [1.807, 2.05) is 0 Å². The van der Waals surface area contributed by atoms with Crippen LogP contribution in [0.1, 0.15) is 33.1 Å². The van der Waals surface area contributed by atoms with Gasteiger partial charge < -0.3 is 5.32 Å². The first kappa shape index (κ1) is 8.31. The van der Waals surface area contributed by atoms with Crippen molar-refractivity contribution in [2.24, 2.45) is 11.3 Å². The standard InChI is InChI=1S/C11H19N/c1-9(2)10-7-11(8-10)3-5-12-6-4-11/h7,9,12H,3-6,8H2,1-2H3. The smallest absolute Gasteiger partial charge is 0.00405 e. The van der Waals surface area contributed by atoms with Crippen LogP contribution in [0.25, 0.3) is 0 Å². The molecule has 0 atom stereocenters. The lowest BCUT2D eigenvalue weighted by molar-refractivity contribution is 0.228. The van der Waals surface area contributed by atoms with Crippen molar-refractivity contribution in [2.45, 2.75) is 33.1 Å². The third kappa shape index (κ3) is 1.31. The summed E-state index contributed by atoms with van der Waals surface area (Å²) in [6, 6.07) is 0. The molecule has 1 heterocycles. The molecule has 68 valence electrons. The van der Waals surface area contributed by atoms with Crippen molar-refractivity contribution in [3.63, 3.8) is 0 Å². The highest BCUT2D eigenvalue weighted by Crippen LogP contribution is 2.47. The van der Waals surface area contributed by atoms with Gasteiger partial charge in [0.25, 0.3) is 0 Å². The van der Waals surface area contributed by atoms with Gasteiger partial charge >= 0.3 is 0 Å². The van der Waals surface area contributed by atoms with E-state index < -0.39 is 0 Å². The zero-order valence-electron chi connectivity index (χ0n) is 8.19. The van der Waals surface area contributed by atoms with E-state index in [1.165, 1.54) is 32.4 Å². The molecule has 0 unspecified atom stereocenters. The monoisotopic (exact) mass is 165 g/mol. The number of allylic oxidation sites excluding steroid dienone is 2. The van der Waals surface area contributed by atoms with E-state index in [1.54, 1.807) is 5.57 Å². The largest absolute Gasteiger partial charge is 0.317 e. The van der Waals surface area contributed by atoms with Gasteiger partial charge in [0.15, 0.2) is 0 Å². The Morgan fingerprint density at radius 3 is 2.42 bits per heavy atom. The fourth-order valence-electron chi connectivity index (χ4n) is 2.39. The Morgan fingerprint density at radius 1 is 1.33 bits per heavy atom. The van der Waals surface area contributed by atoms with Crippen molar-refractivity contribution in [2.75, 3.05) is 13.1 Å². The summed E-state index contributed by atoms with van der Waals surface area (Å²) < 4.78 is 0. The number of rotatable bonds is 1. The van der Waals surface area contributed by atoms with Gasteiger partial charge in [-0.1, -0.05) is 25.5 Å². The van der Waals surface area contributed by atoms with Crippen LogP contribution in [0.2, 0.25) is 0 Å². The lowest BCUT2D eigenvalue weighted by Crippen LogP contribution is -2.40. The highest BCUT2D eigenvalue weighted by atomic mass is 14.9. The maximum atomic E-state index is 3.42. The third-order valence-electron chi connectivity index (χ3n) is 3.39. The Labute approximate surface area is 75.2 Å². The van der Waals surface area contributed by atoms with Crippen LogP contribution in [0, 0.1) is 11.3 Å². The van der Waals surface area contributed by atoms with E-state index >= 15 is 0 Å². The minimum absolute atomic E-state index is 0.630. The molecule has 1 nitrogen and oxygen atoms in total. The van der Waals surface area contributed by atoms with E-state index in [0.29, 0.717) is 5.41 Å². The maximum absolute atomic E-state index is 3.42. The molecular formula is C11H19N. The Kier molecular flexibility index (Phi) is 1.99. The molecule has 1 aliphatic heterocycles. The molecule has 1 heteroatoms. The molecule has 2 rings (SSSR count). The molecule has 1 saturated heterocycles. The first-order valence-corrected chi connectivity index (χ1v) is 5.14. The highest BCUT2D eigenvalue weighted by molar-refractivity contribution is 5.26. The topological polar surface area (TPSA) is 12.0 Å². The SMILES string of the molecule is CC(C)C1=CC2(CCNCC2)C1. The molecule has 0 radical (unpaired) electrons. The predicted octanol–water partition coefficient (Wildman–Crippen LogP) is 2.34. The van der Waals surface area contributed by atoms with Crippen LogP contribution in [-0.4, -0.2) is 13.1 Å². The summed E-state index contributed by atoms with van der Waals surface area (Å²) in [4.78, 5) is 0. The average Bonchev–Trinajstić information content (AvgIpc) is 2.01. The van der Waals surface area contributed by atoms with Gasteiger partial charge in [0.05, 0.1) is 0 Å². The molecule has 0 aromatic rings. The van der Waals surface area contributed by atoms with Crippen LogP contribution in [0.5, 0.6) is 0 Å². The van der Waals surface area contributed by atoms with Crippen molar-refractivity contribution in [3.8, 4) is 0 Å². The Hall–Kier alpha value is -0.300. The molecular weight excluding hydrogens is 146 g/mol. The van der Waals surface area contributed by atoms with Gasteiger partial charge in [-0.3, -0.25) is 0 Å². The number of nitrogens with one attached hydrogen (secondary N) is 1. The van der Waals surface area contributed by atoms with Gasteiger partial charge in [-0.25, -0.2) is 0 Å². The van der Waals surface area contributed by atoms with Crippen molar-refractivity contribution in [3.05, 3.63) is 11.6 Å². The average molecular weight is 165 g/mol. The molecule has 12 heavy (non-hydrogen) atoms. The van der Waals surface area contributed by atoms with Crippen LogP contribution < -0.4 is 5.32 Å². The van der Waals surface area contributed by atoms with E-state index in [4.69, 9.17) is 0 Å². The second-order valence-corrected chi connectivity index (χ2v) is 4.66. The van der Waals surface area contributed by atoms with Crippen LogP contribution >= 0.6 is 0 Å². The van der Waals surface area contributed by atoms with Gasteiger partial charge in [0.1, 0.15) is 0 Å². The lowest BCUT2D eigenvalue weighted by atomic mass is 9.63. The summed E-state index contributed by atoms with van der Waals surface area (Å²) in [5.41, 5.74) is 2.32. The van der Waals surface area contributed by atoms with Gasteiger partial charge in [0, 0.05) is 0 Å². The van der Waals surface area contributed by atoms with Gasteiger partial charge in [-0.05, 0) is 43.7 Å². The predicted molar refractivity (Wildman–Crippen MR) is 52.1 cm³/mol. The number of hydrogen-bond acceptors (Lipinski definition) is 1. The van der Waals surface area contributed by atoms with Crippen LogP contribution in [-0.2, 0) is 0 Å². The Balaban J connectivity index is 2.00. The molecule has 1 spiro atoms. The first-order valence-electron chi connectivity index (χ1n) is 5.14. The summed E-state index contributed by atoms with van der Waals surface area (Å²) in [6.07, 6.45) is 6.66. The van der Waals surface area contributed by atoms with Crippen LogP contribution in [0.15, 0.2) is 11.6 Å². The minimum atomic E-state index is 0.630. The first-order chi connectivity index (χ1) is 5.72. The second-order valence-electron chi connectivity index (χ2n) is 4.66. The highest BCUT2D eigenvalue weighted by Gasteiger charge is 2.37. The number of piperidine rings is 1. The second kappa shape index (κ2) is 2.88. The molecule has 1 aliphatic carbocycles. The van der Waals surface area contributed by atoms with Gasteiger partial charge in [-0.15, -0.1) is 0 Å². The summed E-state index contributed by atoms with van der Waals surface area (Å²) in [6.45, 7) is 7.06. The fraction of sp³-hybridized carbons (Fsp3) is 0.818. The van der Waals surface area contributed by atoms with Crippen LogP contribution in [0.3, 0.4) is 0 Å². The van der Waals surface area contributed by atoms with Crippen molar-refractivity contribution in [1.29, 1.82) is 0 Å². The van der Waals surface area contributed by atoms with Gasteiger partial charge in [-0.2, -0.15) is 0 Å². The Morgan fingerprint density at radius 2 is 1.92 bits per heavy atom. The van der Waals surface area contributed by atoms with Crippen LogP contribution in [0.4, 0.5) is 0 Å². The summed E-state index contributed by atoms with van der Waals surface area (Å²) >= 11 is 0. The lowest BCUT2D eigenvalue weighted by Gasteiger charge is -2.44. The van der Waals surface area contributed by atoms with Gasteiger partial charge in [0.2, 0.25) is 0 Å². The molecule has 2 aliphatic rings. The third-order valence-corrected chi connectivity index (χ3v) is 3.39. The summed E-state index contributed by atoms with van der Waals surface area (Å²) in [5.74, 6) is 0.783. The van der Waals surface area contributed by atoms with Crippen molar-refractivity contribution < 1.29 is 0 Å². The van der Waals surface area contributed by atoms with E-state index in [-0.39, 0.29) is 0 Å². The minimum Gasteiger partial charge on any atom is -0.317 e. The quantitative estimate of drug-likeness (QED) is 0.588. The molecule has 1 N–H and O–H groups in total. The maximum Gasteiger partial charge on any atom is -0.00405 e. The molecule has 0 bridgehead atoms. The fourth-order valence-corrected chi connectivity index (χ4v) is 2.39. The molecule has 0 aromatic carbocycles. The van der Waals surface area contributed by atoms with E-state index in [9.17, 15) is 0 Å². The summed E-state index contributed by atoms with van der Waals surface area (Å²) in [5, 5.41) is 3.42. The number of hydrogen-bond donors (Lipinski definition) is 1. The molecule has 0 aromatic heterocycles. The van der Waals surface area contributed by atoms with E-state index in [0.717, 1.165) is 5.92 Å². The van der Waals surface area contributed by atoms with Crippen molar-refractivity contribution >= 4 is 0 Å². The molecule has 1 fully saturated rings. The zero-order chi connectivity index (χ0) is 8.60. The van der Waals surface area contributed by atoms with E-state index in [2.05, 4.69) is 25.2 Å². The van der Waals surface area contributed by atoms with Crippen molar-refractivity contribution in [1.82, 2.24) is 5.32 Å². The normalized spacial score (nSPS) is 27.1. The Bertz CT molecular complexity index is 197.